The second kappa shape index (κ2) is 7.71. The highest BCUT2D eigenvalue weighted by atomic mass is 16.2. The molecule has 0 radical (unpaired) electrons. The van der Waals surface area contributed by atoms with Crippen molar-refractivity contribution < 1.29 is 9.59 Å². The van der Waals surface area contributed by atoms with E-state index >= 15 is 0 Å². The van der Waals surface area contributed by atoms with E-state index in [4.69, 9.17) is 0 Å². The van der Waals surface area contributed by atoms with Gasteiger partial charge in [-0.3, -0.25) is 14.7 Å². The zero-order valence-electron chi connectivity index (χ0n) is 15.0. The van der Waals surface area contributed by atoms with Crippen LogP contribution in [0.2, 0.25) is 0 Å². The van der Waals surface area contributed by atoms with Crippen LogP contribution < -0.4 is 10.2 Å². The molecule has 1 aromatic heterocycles. The first-order valence-electron chi connectivity index (χ1n) is 9.10. The van der Waals surface area contributed by atoms with Crippen molar-refractivity contribution in [2.24, 2.45) is 0 Å². The largest absolute Gasteiger partial charge is 0.353 e. The van der Waals surface area contributed by atoms with Gasteiger partial charge in [0.05, 0.1) is 12.9 Å². The van der Waals surface area contributed by atoms with E-state index in [-0.39, 0.29) is 11.9 Å². The Morgan fingerprint density at radius 3 is 2.52 bits per heavy atom. The highest BCUT2D eigenvalue weighted by Crippen LogP contribution is 2.15. The Morgan fingerprint density at radius 1 is 1.04 bits per heavy atom. The summed E-state index contributed by atoms with van der Waals surface area (Å²) >= 11 is 0. The molecule has 0 spiro atoms. The Labute approximate surface area is 157 Å². The summed E-state index contributed by atoms with van der Waals surface area (Å²) in [5, 5.41) is 2.81. The van der Waals surface area contributed by atoms with E-state index in [0.717, 1.165) is 37.6 Å². The molecule has 4 rings (SSSR count). The van der Waals surface area contributed by atoms with Crippen LogP contribution in [0.5, 0.6) is 0 Å². The molecule has 0 aliphatic carbocycles. The van der Waals surface area contributed by atoms with E-state index in [1.807, 2.05) is 30.3 Å². The van der Waals surface area contributed by atoms with Crippen LogP contribution in [0.15, 0.2) is 48.9 Å². The fourth-order valence-electron chi connectivity index (χ4n) is 3.47. The number of aromatic nitrogens is 2. The van der Waals surface area contributed by atoms with Gasteiger partial charge in [-0.1, -0.05) is 30.3 Å². The molecule has 1 aromatic carbocycles. The molecule has 8 heteroatoms. The molecule has 0 unspecified atom stereocenters. The van der Waals surface area contributed by atoms with Gasteiger partial charge in [0.15, 0.2) is 0 Å². The first-order valence-corrected chi connectivity index (χ1v) is 9.10. The number of carbonyl (C=O) groups is 2. The number of nitrogens with zero attached hydrogens (tertiary/aromatic N) is 5. The number of imide groups is 1. The summed E-state index contributed by atoms with van der Waals surface area (Å²) < 4.78 is 0. The Kier molecular flexibility index (Phi) is 4.97. The molecule has 3 heterocycles. The Balaban J connectivity index is 1.32. The van der Waals surface area contributed by atoms with Crippen LogP contribution in [0.4, 0.5) is 10.6 Å². The van der Waals surface area contributed by atoms with Crippen molar-refractivity contribution in [1.82, 2.24) is 25.1 Å². The maximum absolute atomic E-state index is 12.7. The van der Waals surface area contributed by atoms with Crippen LogP contribution in [0.3, 0.4) is 0 Å². The monoisotopic (exact) mass is 366 g/mol. The first-order chi connectivity index (χ1) is 13.2. The molecule has 2 aromatic rings. The lowest BCUT2D eigenvalue weighted by Gasteiger charge is -2.36. The van der Waals surface area contributed by atoms with Gasteiger partial charge >= 0.3 is 6.03 Å². The van der Waals surface area contributed by atoms with Gasteiger partial charge in [0.2, 0.25) is 0 Å². The lowest BCUT2D eigenvalue weighted by Crippen LogP contribution is -2.51. The SMILES string of the molecule is O=C1N[C@H](Cc2ccccc2)C(=O)N1CN1CCN(c2cnccn2)CC1. The smallest absolute Gasteiger partial charge is 0.325 e. The first kappa shape index (κ1) is 17.4. The summed E-state index contributed by atoms with van der Waals surface area (Å²) in [4.78, 5) is 39.0. The van der Waals surface area contributed by atoms with Gasteiger partial charge in [-0.05, 0) is 5.56 Å². The number of hydrogen-bond acceptors (Lipinski definition) is 6. The van der Waals surface area contributed by atoms with Gasteiger partial charge in [-0.2, -0.15) is 0 Å². The van der Waals surface area contributed by atoms with Gasteiger partial charge in [0, 0.05) is 45.0 Å². The predicted octanol–water partition coefficient (Wildman–Crippen LogP) is 0.719. The summed E-state index contributed by atoms with van der Waals surface area (Å²) in [6.07, 6.45) is 5.61. The van der Waals surface area contributed by atoms with E-state index in [9.17, 15) is 9.59 Å². The maximum Gasteiger partial charge on any atom is 0.325 e. The van der Waals surface area contributed by atoms with Crippen molar-refractivity contribution in [3.8, 4) is 0 Å². The average Bonchev–Trinajstić information content (AvgIpc) is 2.97. The molecule has 3 amide bonds. The summed E-state index contributed by atoms with van der Waals surface area (Å²) in [7, 11) is 0. The summed E-state index contributed by atoms with van der Waals surface area (Å²) in [6, 6.07) is 8.95. The molecule has 1 N–H and O–H groups in total. The lowest BCUT2D eigenvalue weighted by atomic mass is 10.1. The summed E-state index contributed by atoms with van der Waals surface area (Å²) in [5.41, 5.74) is 1.04. The van der Waals surface area contributed by atoms with Crippen LogP contribution >= 0.6 is 0 Å². The number of anilines is 1. The van der Waals surface area contributed by atoms with E-state index in [1.54, 1.807) is 18.6 Å². The van der Waals surface area contributed by atoms with Gasteiger partial charge in [-0.25, -0.2) is 14.7 Å². The average molecular weight is 366 g/mol. The van der Waals surface area contributed by atoms with Crippen molar-refractivity contribution in [2.75, 3.05) is 37.7 Å². The maximum atomic E-state index is 12.7. The van der Waals surface area contributed by atoms with Gasteiger partial charge in [-0.15, -0.1) is 0 Å². The highest BCUT2D eigenvalue weighted by molar-refractivity contribution is 6.04. The van der Waals surface area contributed by atoms with Crippen LogP contribution in [0.25, 0.3) is 0 Å². The van der Waals surface area contributed by atoms with Gasteiger partial charge < -0.3 is 10.2 Å². The van der Waals surface area contributed by atoms with Crippen LogP contribution in [0.1, 0.15) is 5.56 Å². The van der Waals surface area contributed by atoms with Crippen molar-refractivity contribution in [1.29, 1.82) is 0 Å². The molecule has 2 aliphatic rings. The molecular weight excluding hydrogens is 344 g/mol. The topological polar surface area (TPSA) is 81.7 Å². The van der Waals surface area contributed by atoms with Gasteiger partial charge in [0.25, 0.3) is 5.91 Å². The summed E-state index contributed by atoms with van der Waals surface area (Å²) in [5.74, 6) is 0.704. The molecule has 0 saturated carbocycles. The van der Waals surface area contributed by atoms with E-state index in [2.05, 4.69) is 25.1 Å². The van der Waals surface area contributed by atoms with Crippen molar-refractivity contribution in [3.63, 3.8) is 0 Å². The zero-order valence-corrected chi connectivity index (χ0v) is 15.0. The number of rotatable bonds is 5. The van der Waals surface area contributed by atoms with Gasteiger partial charge in [0.1, 0.15) is 11.9 Å². The predicted molar refractivity (Wildman–Crippen MR) is 100.0 cm³/mol. The Hall–Kier alpha value is -3.00. The third kappa shape index (κ3) is 3.90. The zero-order chi connectivity index (χ0) is 18.6. The minimum Gasteiger partial charge on any atom is -0.353 e. The second-order valence-electron chi connectivity index (χ2n) is 6.77. The normalized spacial score (nSPS) is 20.8. The number of amides is 3. The molecule has 0 bridgehead atoms. The van der Waals surface area contributed by atoms with Crippen molar-refractivity contribution >= 4 is 17.8 Å². The molecule has 2 saturated heterocycles. The third-order valence-electron chi connectivity index (χ3n) is 4.98. The molecule has 1 atom stereocenters. The second-order valence-corrected chi connectivity index (χ2v) is 6.77. The lowest BCUT2D eigenvalue weighted by molar-refractivity contribution is -0.129. The number of carbonyl (C=O) groups excluding carboxylic acids is 2. The fraction of sp³-hybridized carbons (Fsp3) is 0.368. The fourth-order valence-corrected chi connectivity index (χ4v) is 3.47. The third-order valence-corrected chi connectivity index (χ3v) is 4.98. The molecule has 2 aliphatic heterocycles. The Bertz CT molecular complexity index is 792. The number of hydrogen-bond donors (Lipinski definition) is 1. The minimum absolute atomic E-state index is 0.153. The number of nitrogens with one attached hydrogen (secondary N) is 1. The number of benzene rings is 1. The van der Waals surface area contributed by atoms with Crippen LogP contribution in [-0.4, -0.2) is 70.6 Å². The van der Waals surface area contributed by atoms with E-state index < -0.39 is 6.04 Å². The number of urea groups is 1. The van der Waals surface area contributed by atoms with Crippen molar-refractivity contribution in [3.05, 3.63) is 54.5 Å². The molecular formula is C19H22N6O2. The highest BCUT2D eigenvalue weighted by Gasteiger charge is 2.39. The standard InChI is InChI=1S/C19H22N6O2/c26-18-16(12-15-4-2-1-3-5-15)22-19(27)25(18)14-23-8-10-24(11-9-23)17-13-20-6-7-21-17/h1-7,13,16H,8-12,14H2,(H,22,27)/t16-/m1/s1. The summed E-state index contributed by atoms with van der Waals surface area (Å²) in [6.45, 7) is 3.42. The van der Waals surface area contributed by atoms with Crippen LogP contribution in [-0.2, 0) is 11.2 Å². The van der Waals surface area contributed by atoms with E-state index in [0.29, 0.717) is 13.1 Å². The van der Waals surface area contributed by atoms with Crippen molar-refractivity contribution in [2.45, 2.75) is 12.5 Å². The molecule has 140 valence electrons. The quantitative estimate of drug-likeness (QED) is 0.786. The Morgan fingerprint density at radius 2 is 1.81 bits per heavy atom. The number of piperazine rings is 1. The molecule has 27 heavy (non-hydrogen) atoms. The minimum atomic E-state index is -0.485. The van der Waals surface area contributed by atoms with Crippen LogP contribution in [0, 0.1) is 0 Å². The molecule has 2 fully saturated rings. The van der Waals surface area contributed by atoms with E-state index in [1.165, 1.54) is 4.90 Å². The molecule has 8 nitrogen and oxygen atoms in total.